The van der Waals surface area contributed by atoms with E-state index in [0.717, 1.165) is 19.4 Å². The van der Waals surface area contributed by atoms with Gasteiger partial charge < -0.3 is 14.6 Å². The lowest BCUT2D eigenvalue weighted by atomic mass is 10.2. The number of rotatable bonds is 8. The monoisotopic (exact) mass is 234 g/mol. The largest absolute Gasteiger partial charge is 0.337 e. The van der Waals surface area contributed by atoms with Gasteiger partial charge in [0.2, 0.25) is 6.41 Å². The number of benzene rings is 1. The molecule has 0 fully saturated rings. The first kappa shape index (κ1) is 13.4. The third-order valence-electron chi connectivity index (χ3n) is 2.52. The second-order valence-corrected chi connectivity index (χ2v) is 3.99. The van der Waals surface area contributed by atoms with Crippen molar-refractivity contribution in [2.24, 2.45) is 0 Å². The van der Waals surface area contributed by atoms with Crippen molar-refractivity contribution in [3.63, 3.8) is 0 Å². The van der Waals surface area contributed by atoms with Crippen LogP contribution in [0.2, 0.25) is 0 Å². The van der Waals surface area contributed by atoms with Gasteiger partial charge in [-0.1, -0.05) is 30.3 Å². The van der Waals surface area contributed by atoms with E-state index in [1.165, 1.54) is 10.5 Å². The highest BCUT2D eigenvalue weighted by Crippen LogP contribution is 2.02. The second kappa shape index (κ2) is 7.57. The zero-order valence-electron chi connectivity index (χ0n) is 10.1. The molecule has 1 aromatic rings. The molecule has 0 N–H and O–H groups in total. The molecular weight excluding hydrogens is 216 g/mol. The Balaban J connectivity index is 2.32. The van der Waals surface area contributed by atoms with Crippen LogP contribution < -0.4 is 0 Å². The molecule has 17 heavy (non-hydrogen) atoms. The Morgan fingerprint density at radius 1 is 1.12 bits per heavy atom. The fourth-order valence-electron chi connectivity index (χ4n) is 1.56. The number of hydrogen-bond acceptors (Lipinski definition) is 3. The van der Waals surface area contributed by atoms with Gasteiger partial charge in [0, 0.05) is 19.6 Å². The zero-order valence-corrected chi connectivity index (χ0v) is 10.1. The minimum absolute atomic E-state index is 0.169. The maximum Gasteiger partial charge on any atom is 0.210 e. The molecule has 0 atom stereocenters. The Bertz CT molecular complexity index is 341. The van der Waals surface area contributed by atoms with Crippen molar-refractivity contribution in [2.75, 3.05) is 26.7 Å². The Morgan fingerprint density at radius 3 is 2.41 bits per heavy atom. The molecule has 92 valence electrons. The van der Waals surface area contributed by atoms with E-state index < -0.39 is 0 Å². The molecule has 0 aliphatic rings. The summed E-state index contributed by atoms with van der Waals surface area (Å²) in [5, 5.41) is 0. The molecule has 4 heteroatoms. The summed E-state index contributed by atoms with van der Waals surface area (Å²) in [5.41, 5.74) is 1.24. The van der Waals surface area contributed by atoms with Gasteiger partial charge in [0.15, 0.2) is 0 Å². The summed E-state index contributed by atoms with van der Waals surface area (Å²) >= 11 is 0. The molecule has 0 aromatic heterocycles. The van der Waals surface area contributed by atoms with Crippen LogP contribution in [0.4, 0.5) is 0 Å². The van der Waals surface area contributed by atoms with Crippen molar-refractivity contribution in [3.05, 3.63) is 35.9 Å². The van der Waals surface area contributed by atoms with E-state index in [1.54, 1.807) is 0 Å². The fraction of sp³-hybridized carbons (Fsp3) is 0.385. The van der Waals surface area contributed by atoms with Crippen molar-refractivity contribution in [1.82, 2.24) is 9.80 Å². The van der Waals surface area contributed by atoms with Crippen LogP contribution in [-0.2, 0) is 16.1 Å². The summed E-state index contributed by atoms with van der Waals surface area (Å²) in [6, 6.07) is 10.1. The highest BCUT2D eigenvalue weighted by molar-refractivity contribution is 5.59. The lowest BCUT2D eigenvalue weighted by Crippen LogP contribution is -2.33. The summed E-state index contributed by atoms with van der Waals surface area (Å²) in [4.78, 5) is 24.5. The van der Waals surface area contributed by atoms with Crippen LogP contribution in [0.3, 0.4) is 0 Å². The summed E-state index contributed by atoms with van der Waals surface area (Å²) < 4.78 is 0. The summed E-state index contributed by atoms with van der Waals surface area (Å²) in [6.07, 6.45) is 1.45. The zero-order chi connectivity index (χ0) is 12.5. The molecule has 0 saturated heterocycles. The number of likely N-dealkylation sites (N-methyl/N-ethyl adjacent to an activating group) is 1. The lowest BCUT2D eigenvalue weighted by molar-refractivity contribution is -0.121. The van der Waals surface area contributed by atoms with E-state index in [4.69, 9.17) is 0 Å². The van der Waals surface area contributed by atoms with Crippen LogP contribution in [0.15, 0.2) is 30.3 Å². The number of hydrogen-bond donors (Lipinski definition) is 0. The minimum atomic E-state index is 0.169. The maximum atomic E-state index is 10.6. The third kappa shape index (κ3) is 5.26. The molecule has 1 aromatic carbocycles. The predicted octanol–water partition coefficient (Wildman–Crippen LogP) is 0.776. The molecule has 0 radical (unpaired) electrons. The van der Waals surface area contributed by atoms with Crippen LogP contribution in [-0.4, -0.2) is 49.2 Å². The molecule has 4 nitrogen and oxygen atoms in total. The van der Waals surface area contributed by atoms with Crippen molar-refractivity contribution >= 4 is 12.7 Å². The predicted molar refractivity (Wildman–Crippen MR) is 66.5 cm³/mol. The first-order valence-electron chi connectivity index (χ1n) is 5.61. The molecule has 0 heterocycles. The van der Waals surface area contributed by atoms with E-state index in [9.17, 15) is 9.59 Å². The molecule has 1 rings (SSSR count). The highest BCUT2D eigenvalue weighted by Gasteiger charge is 2.04. The Kier molecular flexibility index (Phi) is 5.96. The minimum Gasteiger partial charge on any atom is -0.337 e. The van der Waals surface area contributed by atoms with Crippen molar-refractivity contribution in [1.29, 1.82) is 0 Å². The topological polar surface area (TPSA) is 40.6 Å². The first-order valence-corrected chi connectivity index (χ1v) is 5.61. The van der Waals surface area contributed by atoms with Crippen LogP contribution in [0.5, 0.6) is 0 Å². The van der Waals surface area contributed by atoms with Gasteiger partial charge in [0.05, 0.1) is 6.54 Å². The first-order chi connectivity index (χ1) is 8.26. The quantitative estimate of drug-likeness (QED) is 0.624. The Morgan fingerprint density at radius 2 is 1.82 bits per heavy atom. The molecule has 0 spiro atoms. The van der Waals surface area contributed by atoms with Gasteiger partial charge in [0.25, 0.3) is 0 Å². The lowest BCUT2D eigenvalue weighted by Gasteiger charge is -2.20. The molecule has 0 saturated carbocycles. The highest BCUT2D eigenvalue weighted by atomic mass is 16.1. The number of nitrogens with zero attached hydrogens (tertiary/aromatic N) is 2. The van der Waals surface area contributed by atoms with E-state index in [2.05, 4.69) is 17.0 Å². The van der Waals surface area contributed by atoms with Crippen molar-refractivity contribution in [2.45, 2.75) is 6.54 Å². The van der Waals surface area contributed by atoms with Gasteiger partial charge in [-0.05, 0) is 12.6 Å². The van der Waals surface area contributed by atoms with Crippen LogP contribution in [0, 0.1) is 0 Å². The standard InChI is InChI=1S/C13H18N2O2/c1-14(7-8-15(12-17)9-10-16)11-13-5-3-2-4-6-13/h2-6,10,12H,7-9,11H2,1H3. The third-order valence-corrected chi connectivity index (χ3v) is 2.52. The van der Waals surface area contributed by atoms with Crippen LogP contribution in [0.1, 0.15) is 5.56 Å². The van der Waals surface area contributed by atoms with Gasteiger partial charge in [-0.3, -0.25) is 4.79 Å². The van der Waals surface area contributed by atoms with Crippen molar-refractivity contribution < 1.29 is 9.59 Å². The van der Waals surface area contributed by atoms with Gasteiger partial charge in [-0.25, -0.2) is 0 Å². The fourth-order valence-corrected chi connectivity index (χ4v) is 1.56. The van der Waals surface area contributed by atoms with Gasteiger partial charge in [-0.15, -0.1) is 0 Å². The van der Waals surface area contributed by atoms with E-state index in [0.29, 0.717) is 13.0 Å². The molecular formula is C13H18N2O2. The number of carbonyl (C=O) groups is 2. The van der Waals surface area contributed by atoms with Crippen LogP contribution in [0.25, 0.3) is 0 Å². The summed E-state index contributed by atoms with van der Waals surface area (Å²) in [5.74, 6) is 0. The molecule has 0 bridgehead atoms. The van der Waals surface area contributed by atoms with Gasteiger partial charge in [-0.2, -0.15) is 0 Å². The average Bonchev–Trinajstić information content (AvgIpc) is 2.35. The number of carbonyl (C=O) groups excluding carboxylic acids is 2. The summed E-state index contributed by atoms with van der Waals surface area (Å²) in [6.45, 7) is 2.34. The molecule has 0 aliphatic carbocycles. The second-order valence-electron chi connectivity index (χ2n) is 3.99. The Labute approximate surface area is 102 Å². The SMILES string of the molecule is CN(CCN(C=O)CC=O)Cc1ccccc1. The van der Waals surface area contributed by atoms with E-state index in [-0.39, 0.29) is 6.54 Å². The Hall–Kier alpha value is -1.68. The smallest absolute Gasteiger partial charge is 0.210 e. The number of amides is 1. The molecule has 1 amide bonds. The van der Waals surface area contributed by atoms with Gasteiger partial charge >= 0.3 is 0 Å². The summed E-state index contributed by atoms with van der Waals surface area (Å²) in [7, 11) is 2.00. The molecule has 0 aliphatic heterocycles. The maximum absolute atomic E-state index is 10.6. The van der Waals surface area contributed by atoms with Gasteiger partial charge in [0.1, 0.15) is 6.29 Å². The van der Waals surface area contributed by atoms with Crippen molar-refractivity contribution in [3.8, 4) is 0 Å². The molecule has 0 unspecified atom stereocenters. The van der Waals surface area contributed by atoms with E-state index >= 15 is 0 Å². The van der Waals surface area contributed by atoms with E-state index in [1.807, 2.05) is 25.2 Å². The normalized spacial score (nSPS) is 10.2. The van der Waals surface area contributed by atoms with Crippen LogP contribution >= 0.6 is 0 Å². The number of aldehydes is 1. The average molecular weight is 234 g/mol.